The number of hydrogen-bond donors (Lipinski definition) is 1. The molecule has 2 atom stereocenters. The molecule has 1 aliphatic rings. The third kappa shape index (κ3) is 3.52. The van der Waals surface area contributed by atoms with Crippen molar-refractivity contribution in [3.63, 3.8) is 0 Å². The number of aliphatic carboxylic acids is 1. The summed E-state index contributed by atoms with van der Waals surface area (Å²) in [5, 5.41) is 11.8. The molecule has 2 aromatic rings. The molecule has 0 aromatic carbocycles. The van der Waals surface area contributed by atoms with Crippen molar-refractivity contribution < 1.29 is 9.90 Å². The molecule has 0 saturated carbocycles. The molecule has 128 valence electrons. The van der Waals surface area contributed by atoms with Gasteiger partial charge in [0, 0.05) is 17.6 Å². The van der Waals surface area contributed by atoms with Gasteiger partial charge in [0.05, 0.1) is 11.7 Å². The van der Waals surface area contributed by atoms with Crippen LogP contribution in [0.5, 0.6) is 0 Å². The van der Waals surface area contributed by atoms with E-state index in [0.717, 1.165) is 31.5 Å². The van der Waals surface area contributed by atoms with E-state index >= 15 is 0 Å². The molecule has 1 aliphatic heterocycles. The van der Waals surface area contributed by atoms with Crippen LogP contribution < -0.4 is 0 Å². The minimum atomic E-state index is -0.724. The Morgan fingerprint density at radius 3 is 2.88 bits per heavy atom. The van der Waals surface area contributed by atoms with Crippen molar-refractivity contribution in [3.8, 4) is 0 Å². The van der Waals surface area contributed by atoms with Crippen LogP contribution in [0.4, 0.5) is 0 Å². The number of carboxylic acid groups (broad SMARTS) is 1. The number of carbonyl (C=O) groups is 1. The van der Waals surface area contributed by atoms with Gasteiger partial charge in [0.15, 0.2) is 0 Å². The largest absolute Gasteiger partial charge is 0.480 e. The van der Waals surface area contributed by atoms with Gasteiger partial charge in [-0.3, -0.25) is 14.7 Å². The summed E-state index contributed by atoms with van der Waals surface area (Å²) in [6.45, 7) is 4.99. The third-order valence-corrected chi connectivity index (χ3v) is 5.82. The molecule has 5 heteroatoms. The maximum atomic E-state index is 11.8. The number of nitrogens with zero attached hydrogens (tertiary/aromatic N) is 2. The van der Waals surface area contributed by atoms with Crippen LogP contribution in [0.25, 0.3) is 0 Å². The van der Waals surface area contributed by atoms with Crippen molar-refractivity contribution in [1.82, 2.24) is 9.88 Å². The van der Waals surface area contributed by atoms with E-state index in [1.165, 1.54) is 16.0 Å². The first-order valence-electron chi connectivity index (χ1n) is 8.58. The Kier molecular flexibility index (Phi) is 5.31. The molecule has 3 rings (SSSR count). The van der Waals surface area contributed by atoms with Gasteiger partial charge in [0.2, 0.25) is 0 Å². The van der Waals surface area contributed by atoms with Crippen LogP contribution in [0.1, 0.15) is 53.9 Å². The number of piperidine rings is 1. The zero-order valence-electron chi connectivity index (χ0n) is 14.2. The Labute approximate surface area is 147 Å². The monoisotopic (exact) mass is 344 g/mol. The first-order valence-corrected chi connectivity index (χ1v) is 9.46. The standard InChI is InChI=1S/C19H24N2O2S/c1-3-14-7-8-15(20-11-14)18(17-10-13(2)12-24-17)21-9-5-4-6-16(21)19(22)23/h7-8,10-12,16,18H,3-6,9H2,1-2H3,(H,22,23). The molecule has 1 N–H and O–H groups in total. The molecular weight excluding hydrogens is 320 g/mol. The summed E-state index contributed by atoms with van der Waals surface area (Å²) in [5.41, 5.74) is 3.37. The van der Waals surface area contributed by atoms with Gasteiger partial charge in [-0.05, 0) is 54.8 Å². The predicted molar refractivity (Wildman–Crippen MR) is 96.5 cm³/mol. The van der Waals surface area contributed by atoms with Crippen LogP contribution in [-0.2, 0) is 11.2 Å². The molecule has 0 amide bonds. The molecule has 3 heterocycles. The third-order valence-electron chi connectivity index (χ3n) is 4.72. The molecule has 0 spiro atoms. The number of aryl methyl sites for hydroxylation is 2. The molecule has 4 nitrogen and oxygen atoms in total. The number of pyridine rings is 1. The number of hydrogen-bond acceptors (Lipinski definition) is 4. The second-order valence-electron chi connectivity index (χ2n) is 6.46. The van der Waals surface area contributed by atoms with Crippen molar-refractivity contribution in [2.24, 2.45) is 0 Å². The maximum Gasteiger partial charge on any atom is 0.320 e. The fourth-order valence-electron chi connectivity index (χ4n) is 3.41. The summed E-state index contributed by atoms with van der Waals surface area (Å²) in [7, 11) is 0. The average Bonchev–Trinajstić information content (AvgIpc) is 3.02. The Hall–Kier alpha value is -1.72. The molecule has 0 radical (unpaired) electrons. The van der Waals surface area contributed by atoms with Gasteiger partial charge in [0.1, 0.15) is 6.04 Å². The highest BCUT2D eigenvalue weighted by atomic mass is 32.1. The lowest BCUT2D eigenvalue weighted by molar-refractivity contribution is -0.145. The fraction of sp³-hybridized carbons (Fsp3) is 0.474. The Balaban J connectivity index is 2.02. The Morgan fingerprint density at radius 2 is 2.29 bits per heavy atom. The average molecular weight is 344 g/mol. The van der Waals surface area contributed by atoms with E-state index in [9.17, 15) is 9.90 Å². The summed E-state index contributed by atoms with van der Waals surface area (Å²) in [6.07, 6.45) is 5.60. The highest BCUT2D eigenvalue weighted by Gasteiger charge is 2.36. The first kappa shape index (κ1) is 17.1. The molecular formula is C19H24N2O2S. The van der Waals surface area contributed by atoms with Crippen LogP contribution in [0.3, 0.4) is 0 Å². The lowest BCUT2D eigenvalue weighted by Gasteiger charge is -2.38. The molecule has 0 bridgehead atoms. The Bertz CT molecular complexity index is 696. The van der Waals surface area contributed by atoms with Gasteiger partial charge < -0.3 is 5.11 Å². The SMILES string of the molecule is CCc1ccc(C(c2cc(C)cs2)N2CCCCC2C(=O)O)nc1. The van der Waals surface area contributed by atoms with Gasteiger partial charge in [0.25, 0.3) is 0 Å². The molecule has 24 heavy (non-hydrogen) atoms. The number of aromatic nitrogens is 1. The van der Waals surface area contributed by atoms with Crippen LogP contribution in [0.2, 0.25) is 0 Å². The topological polar surface area (TPSA) is 53.4 Å². The number of rotatable bonds is 5. The second kappa shape index (κ2) is 7.45. The van der Waals surface area contributed by atoms with Crippen molar-refractivity contribution in [2.75, 3.05) is 6.54 Å². The number of likely N-dealkylation sites (tertiary alicyclic amines) is 1. The van der Waals surface area contributed by atoms with E-state index in [1.807, 2.05) is 6.20 Å². The van der Waals surface area contributed by atoms with Gasteiger partial charge >= 0.3 is 5.97 Å². The van der Waals surface area contributed by atoms with Crippen LogP contribution >= 0.6 is 11.3 Å². The fourth-order valence-corrected chi connectivity index (χ4v) is 4.44. The zero-order chi connectivity index (χ0) is 17.1. The van der Waals surface area contributed by atoms with Crippen molar-refractivity contribution in [3.05, 3.63) is 51.5 Å². The normalized spacial score (nSPS) is 20.0. The minimum absolute atomic E-state index is 0.0731. The summed E-state index contributed by atoms with van der Waals surface area (Å²) < 4.78 is 0. The quantitative estimate of drug-likeness (QED) is 0.889. The van der Waals surface area contributed by atoms with Crippen LogP contribution in [0, 0.1) is 6.92 Å². The molecule has 1 saturated heterocycles. The molecule has 2 aromatic heterocycles. The molecule has 2 unspecified atom stereocenters. The number of thiophene rings is 1. The van der Waals surface area contributed by atoms with E-state index in [2.05, 4.69) is 47.3 Å². The van der Waals surface area contributed by atoms with Crippen LogP contribution in [0.15, 0.2) is 29.8 Å². The van der Waals surface area contributed by atoms with Gasteiger partial charge in [-0.25, -0.2) is 0 Å². The smallest absolute Gasteiger partial charge is 0.320 e. The van der Waals surface area contributed by atoms with Gasteiger partial charge in [-0.15, -0.1) is 11.3 Å². The molecule has 0 aliphatic carbocycles. The van der Waals surface area contributed by atoms with Crippen molar-refractivity contribution >= 4 is 17.3 Å². The van der Waals surface area contributed by atoms with Crippen LogP contribution in [-0.4, -0.2) is 33.5 Å². The second-order valence-corrected chi connectivity index (χ2v) is 7.40. The molecule has 1 fully saturated rings. The highest BCUT2D eigenvalue weighted by molar-refractivity contribution is 7.10. The number of carboxylic acids is 1. The van der Waals surface area contributed by atoms with E-state index < -0.39 is 12.0 Å². The van der Waals surface area contributed by atoms with Crippen molar-refractivity contribution in [2.45, 2.75) is 51.6 Å². The maximum absolute atomic E-state index is 11.8. The highest BCUT2D eigenvalue weighted by Crippen LogP contribution is 2.36. The zero-order valence-corrected chi connectivity index (χ0v) is 15.1. The van der Waals surface area contributed by atoms with E-state index in [0.29, 0.717) is 6.42 Å². The summed E-state index contributed by atoms with van der Waals surface area (Å²) in [6, 6.07) is 5.83. The first-order chi connectivity index (χ1) is 11.6. The summed E-state index contributed by atoms with van der Waals surface area (Å²) >= 11 is 1.70. The van der Waals surface area contributed by atoms with E-state index in [1.54, 1.807) is 11.3 Å². The Morgan fingerprint density at radius 1 is 1.46 bits per heavy atom. The van der Waals surface area contributed by atoms with Gasteiger partial charge in [-0.2, -0.15) is 0 Å². The minimum Gasteiger partial charge on any atom is -0.480 e. The van der Waals surface area contributed by atoms with E-state index in [-0.39, 0.29) is 6.04 Å². The lowest BCUT2D eigenvalue weighted by Crippen LogP contribution is -2.46. The predicted octanol–water partition coefficient (Wildman–Crippen LogP) is 4.04. The lowest BCUT2D eigenvalue weighted by atomic mass is 9.97. The summed E-state index contributed by atoms with van der Waals surface area (Å²) in [4.78, 5) is 19.8. The van der Waals surface area contributed by atoms with Gasteiger partial charge in [-0.1, -0.05) is 19.4 Å². The van der Waals surface area contributed by atoms with Crippen molar-refractivity contribution in [1.29, 1.82) is 0 Å². The summed E-state index contributed by atoms with van der Waals surface area (Å²) in [5.74, 6) is -0.724. The van der Waals surface area contributed by atoms with E-state index in [4.69, 9.17) is 0 Å².